The van der Waals surface area contributed by atoms with Crippen LogP contribution in [0.1, 0.15) is 12.7 Å². The molecule has 0 amide bonds. The van der Waals surface area contributed by atoms with Gasteiger partial charge in [0.1, 0.15) is 11.3 Å². The van der Waals surface area contributed by atoms with E-state index in [1.54, 1.807) is 13.0 Å². The fraction of sp³-hybridized carbons (Fsp3) is 0.0909. The fourth-order valence-electron chi connectivity index (χ4n) is 1.39. The molecule has 0 unspecified atom stereocenters. The van der Waals surface area contributed by atoms with E-state index >= 15 is 0 Å². The topological polar surface area (TPSA) is 63.5 Å². The summed E-state index contributed by atoms with van der Waals surface area (Å²) in [5.41, 5.74) is 9.21. The summed E-state index contributed by atoms with van der Waals surface area (Å²) in [5, 5.41) is 5.70. The first-order chi connectivity index (χ1) is 8.06. The van der Waals surface area contributed by atoms with E-state index in [0.717, 1.165) is 11.0 Å². The van der Waals surface area contributed by atoms with Gasteiger partial charge in [-0.3, -0.25) is 5.43 Å². The monoisotopic (exact) mass is 267 g/mol. The minimum atomic E-state index is 0.114. The largest absolute Gasteiger partial charge is 0.455 e. The lowest BCUT2D eigenvalue weighted by atomic mass is 10.2. The van der Waals surface area contributed by atoms with Crippen LogP contribution in [-0.2, 0) is 0 Å². The molecule has 0 bridgehead atoms. The van der Waals surface area contributed by atoms with Crippen molar-refractivity contribution >= 4 is 45.6 Å². The van der Waals surface area contributed by atoms with Crippen molar-refractivity contribution in [2.45, 2.75) is 6.92 Å². The van der Waals surface area contributed by atoms with Crippen molar-refractivity contribution in [1.82, 2.24) is 5.43 Å². The molecule has 1 heterocycles. The third kappa shape index (κ3) is 2.75. The van der Waals surface area contributed by atoms with E-state index in [2.05, 4.69) is 22.7 Å². The first-order valence-electron chi connectivity index (χ1n) is 4.85. The molecular formula is C11H10ClN3OS. The second-order valence-corrected chi connectivity index (χ2v) is 4.34. The number of thiocarbonyl (C=S) groups is 1. The molecule has 2 aromatic rings. The fourth-order valence-corrected chi connectivity index (χ4v) is 1.61. The van der Waals surface area contributed by atoms with Crippen LogP contribution < -0.4 is 11.2 Å². The van der Waals surface area contributed by atoms with Crippen molar-refractivity contribution in [3.63, 3.8) is 0 Å². The Kier molecular flexibility index (Phi) is 3.31. The van der Waals surface area contributed by atoms with Gasteiger partial charge in [-0.15, -0.1) is 0 Å². The third-order valence-corrected chi connectivity index (χ3v) is 2.50. The zero-order valence-corrected chi connectivity index (χ0v) is 10.6. The minimum absolute atomic E-state index is 0.114. The zero-order chi connectivity index (χ0) is 12.4. The molecule has 0 fully saturated rings. The Morgan fingerprint density at radius 2 is 2.24 bits per heavy atom. The molecule has 1 aromatic heterocycles. The van der Waals surface area contributed by atoms with Crippen LogP contribution in [0.15, 0.2) is 33.8 Å². The van der Waals surface area contributed by atoms with Crippen molar-refractivity contribution in [3.05, 3.63) is 35.0 Å². The number of benzene rings is 1. The Morgan fingerprint density at radius 3 is 2.94 bits per heavy atom. The maximum atomic E-state index is 5.89. The van der Waals surface area contributed by atoms with E-state index in [4.69, 9.17) is 21.8 Å². The normalized spacial score (nSPS) is 11.8. The minimum Gasteiger partial charge on any atom is -0.455 e. The molecule has 2 rings (SSSR count). The molecule has 0 aliphatic heterocycles. The van der Waals surface area contributed by atoms with Gasteiger partial charge >= 0.3 is 0 Å². The molecule has 0 saturated carbocycles. The Hall–Kier alpha value is -1.59. The van der Waals surface area contributed by atoms with Gasteiger partial charge < -0.3 is 10.2 Å². The summed E-state index contributed by atoms with van der Waals surface area (Å²) < 4.78 is 5.60. The lowest BCUT2D eigenvalue weighted by Gasteiger charge is -1.97. The summed E-state index contributed by atoms with van der Waals surface area (Å²) >= 11 is 10.5. The predicted octanol–water partition coefficient (Wildman–Crippen LogP) is 2.64. The smallest absolute Gasteiger partial charge is 0.184 e. The number of fused-ring (bicyclic) bond motifs is 1. The van der Waals surface area contributed by atoms with Gasteiger partial charge in [0.2, 0.25) is 0 Å². The van der Waals surface area contributed by atoms with Crippen molar-refractivity contribution in [2.24, 2.45) is 10.8 Å². The summed E-state index contributed by atoms with van der Waals surface area (Å²) in [6.45, 7) is 1.80. The molecule has 0 atom stereocenters. The maximum absolute atomic E-state index is 5.89. The van der Waals surface area contributed by atoms with E-state index in [9.17, 15) is 0 Å². The molecule has 0 aliphatic rings. The average molecular weight is 268 g/mol. The second-order valence-electron chi connectivity index (χ2n) is 3.47. The number of nitrogens with one attached hydrogen (secondary N) is 1. The summed E-state index contributed by atoms with van der Waals surface area (Å²) in [4.78, 5) is 0. The van der Waals surface area contributed by atoms with Crippen LogP contribution in [0.5, 0.6) is 0 Å². The number of hydrogen-bond donors (Lipinski definition) is 2. The van der Waals surface area contributed by atoms with Crippen LogP contribution >= 0.6 is 23.8 Å². The molecule has 0 aliphatic carbocycles. The van der Waals surface area contributed by atoms with E-state index in [1.807, 2.05) is 18.2 Å². The highest BCUT2D eigenvalue weighted by Crippen LogP contribution is 2.23. The van der Waals surface area contributed by atoms with Crippen molar-refractivity contribution in [3.8, 4) is 0 Å². The molecule has 6 heteroatoms. The van der Waals surface area contributed by atoms with Crippen LogP contribution in [0.3, 0.4) is 0 Å². The molecule has 0 radical (unpaired) electrons. The SMILES string of the molecule is CC(=NNC(N)=S)c1cc2cc(Cl)ccc2o1. The van der Waals surface area contributed by atoms with Crippen LogP contribution in [0.4, 0.5) is 0 Å². The zero-order valence-electron chi connectivity index (χ0n) is 9.03. The van der Waals surface area contributed by atoms with Gasteiger partial charge in [-0.1, -0.05) is 11.6 Å². The van der Waals surface area contributed by atoms with E-state index < -0.39 is 0 Å². The van der Waals surface area contributed by atoms with Gasteiger partial charge in [0, 0.05) is 10.4 Å². The Bertz CT molecular complexity index is 606. The lowest BCUT2D eigenvalue weighted by Crippen LogP contribution is -2.25. The van der Waals surface area contributed by atoms with Crippen molar-refractivity contribution in [1.29, 1.82) is 0 Å². The lowest BCUT2D eigenvalue weighted by molar-refractivity contribution is 0.603. The molecular weight excluding hydrogens is 258 g/mol. The Balaban J connectivity index is 2.36. The average Bonchev–Trinajstić information content (AvgIpc) is 2.68. The maximum Gasteiger partial charge on any atom is 0.184 e. The summed E-state index contributed by atoms with van der Waals surface area (Å²) in [5.74, 6) is 0.644. The Morgan fingerprint density at radius 1 is 1.47 bits per heavy atom. The second kappa shape index (κ2) is 4.73. The Labute approximate surface area is 108 Å². The third-order valence-electron chi connectivity index (χ3n) is 2.17. The number of furan rings is 1. The van der Waals surface area contributed by atoms with Crippen LogP contribution in [-0.4, -0.2) is 10.8 Å². The number of hydrogen-bond acceptors (Lipinski definition) is 3. The van der Waals surface area contributed by atoms with Crippen LogP contribution in [0, 0.1) is 0 Å². The van der Waals surface area contributed by atoms with Crippen molar-refractivity contribution < 1.29 is 4.42 Å². The van der Waals surface area contributed by atoms with Gasteiger partial charge in [0.25, 0.3) is 0 Å². The highest BCUT2D eigenvalue weighted by molar-refractivity contribution is 7.80. The van der Waals surface area contributed by atoms with Crippen LogP contribution in [0.2, 0.25) is 5.02 Å². The van der Waals surface area contributed by atoms with Gasteiger partial charge in [-0.05, 0) is 43.4 Å². The van der Waals surface area contributed by atoms with E-state index in [-0.39, 0.29) is 5.11 Å². The van der Waals surface area contributed by atoms with Gasteiger partial charge in [0.05, 0.1) is 0 Å². The molecule has 0 saturated heterocycles. The van der Waals surface area contributed by atoms with Gasteiger partial charge in [0.15, 0.2) is 10.9 Å². The molecule has 0 spiro atoms. The predicted molar refractivity (Wildman–Crippen MR) is 73.4 cm³/mol. The number of halogens is 1. The van der Waals surface area contributed by atoms with Crippen molar-refractivity contribution in [2.75, 3.05) is 0 Å². The molecule has 1 aromatic carbocycles. The summed E-state index contributed by atoms with van der Waals surface area (Å²) in [7, 11) is 0. The van der Waals surface area contributed by atoms with Gasteiger partial charge in [-0.25, -0.2) is 0 Å². The highest BCUT2D eigenvalue weighted by Gasteiger charge is 2.06. The number of rotatable bonds is 2. The number of hydrazone groups is 1. The molecule has 88 valence electrons. The molecule has 3 N–H and O–H groups in total. The van der Waals surface area contributed by atoms with Gasteiger partial charge in [-0.2, -0.15) is 5.10 Å². The quantitative estimate of drug-likeness (QED) is 0.499. The highest BCUT2D eigenvalue weighted by atomic mass is 35.5. The molecule has 4 nitrogen and oxygen atoms in total. The summed E-state index contributed by atoms with van der Waals surface area (Å²) in [6.07, 6.45) is 0. The first-order valence-corrected chi connectivity index (χ1v) is 5.64. The first kappa shape index (κ1) is 11.9. The number of nitrogens with zero attached hydrogens (tertiary/aromatic N) is 1. The standard InChI is InChI=1S/C11H10ClN3OS/c1-6(14-15-11(13)17)10-5-7-4-8(12)2-3-9(7)16-10/h2-5H,1H3,(H3,13,15,17). The molecule has 17 heavy (non-hydrogen) atoms. The van der Waals surface area contributed by atoms with Crippen LogP contribution in [0.25, 0.3) is 11.0 Å². The number of nitrogens with two attached hydrogens (primary N) is 1. The van der Waals surface area contributed by atoms with E-state index in [1.165, 1.54) is 0 Å². The van der Waals surface area contributed by atoms with E-state index in [0.29, 0.717) is 16.5 Å². The summed E-state index contributed by atoms with van der Waals surface area (Å²) in [6, 6.07) is 7.28.